The lowest BCUT2D eigenvalue weighted by Gasteiger charge is -2.19. The zero-order valence-electron chi connectivity index (χ0n) is 8.03. The molecule has 3 nitrogen and oxygen atoms in total. The van der Waals surface area contributed by atoms with Crippen LogP contribution >= 0.6 is 27.3 Å². The van der Waals surface area contributed by atoms with Crippen molar-refractivity contribution in [3.8, 4) is 0 Å². The van der Waals surface area contributed by atoms with Gasteiger partial charge in [-0.2, -0.15) is 0 Å². The number of nitrogens with zero attached hydrogens (tertiary/aromatic N) is 1. The van der Waals surface area contributed by atoms with E-state index >= 15 is 0 Å². The first kappa shape index (κ1) is 11.5. The quantitative estimate of drug-likeness (QED) is 0.920. The lowest BCUT2D eigenvalue weighted by Crippen LogP contribution is -2.27. The third kappa shape index (κ3) is 2.99. The van der Waals surface area contributed by atoms with Crippen LogP contribution in [0.25, 0.3) is 0 Å². The van der Waals surface area contributed by atoms with Crippen molar-refractivity contribution in [3.05, 3.63) is 15.9 Å². The van der Waals surface area contributed by atoms with Crippen LogP contribution < -0.4 is 4.90 Å². The average molecular weight is 278 g/mol. The van der Waals surface area contributed by atoms with Crippen molar-refractivity contribution in [2.24, 2.45) is 5.92 Å². The van der Waals surface area contributed by atoms with Gasteiger partial charge in [-0.1, -0.05) is 6.92 Å². The fourth-order valence-corrected chi connectivity index (χ4v) is 2.42. The van der Waals surface area contributed by atoms with Crippen LogP contribution in [0.1, 0.15) is 6.92 Å². The molecule has 1 N–H and O–H groups in total. The summed E-state index contributed by atoms with van der Waals surface area (Å²) in [5, 5.41) is 9.82. The maximum atomic E-state index is 10.6. The number of carboxylic acid groups (broad SMARTS) is 1. The van der Waals surface area contributed by atoms with Gasteiger partial charge in [0.15, 0.2) is 0 Å². The number of aliphatic carboxylic acids is 1. The second-order valence-corrected chi connectivity index (χ2v) is 5.64. The molecule has 1 unspecified atom stereocenters. The second kappa shape index (κ2) is 4.79. The summed E-state index contributed by atoms with van der Waals surface area (Å²) in [6.45, 7) is 2.24. The smallest absolute Gasteiger partial charge is 0.308 e. The summed E-state index contributed by atoms with van der Waals surface area (Å²) < 4.78 is 1.06. The van der Waals surface area contributed by atoms with Gasteiger partial charge in [-0.15, -0.1) is 11.3 Å². The van der Waals surface area contributed by atoms with E-state index in [2.05, 4.69) is 15.9 Å². The molecular formula is C9H12BrNO2S. The third-order valence-electron chi connectivity index (χ3n) is 1.90. The fraction of sp³-hybridized carbons (Fsp3) is 0.444. The Morgan fingerprint density at radius 1 is 1.71 bits per heavy atom. The van der Waals surface area contributed by atoms with Gasteiger partial charge in [-0.05, 0) is 28.1 Å². The highest BCUT2D eigenvalue weighted by atomic mass is 79.9. The molecule has 0 amide bonds. The Balaban J connectivity index is 2.58. The molecule has 0 aromatic carbocycles. The number of hydrogen-bond acceptors (Lipinski definition) is 3. The van der Waals surface area contributed by atoms with E-state index in [9.17, 15) is 4.79 Å². The van der Waals surface area contributed by atoms with E-state index in [0.717, 1.165) is 8.79 Å². The van der Waals surface area contributed by atoms with Crippen molar-refractivity contribution in [1.82, 2.24) is 0 Å². The molecule has 0 spiro atoms. The van der Waals surface area contributed by atoms with E-state index in [4.69, 9.17) is 5.11 Å². The summed E-state index contributed by atoms with van der Waals surface area (Å²) in [7, 11) is 1.90. The Hall–Kier alpha value is -0.550. The van der Waals surface area contributed by atoms with Crippen molar-refractivity contribution in [2.75, 3.05) is 18.5 Å². The summed E-state index contributed by atoms with van der Waals surface area (Å²) in [4.78, 5) is 12.6. The van der Waals surface area contributed by atoms with E-state index in [1.54, 1.807) is 18.3 Å². The predicted molar refractivity (Wildman–Crippen MR) is 62.1 cm³/mol. The van der Waals surface area contributed by atoms with E-state index in [1.807, 2.05) is 24.1 Å². The Bertz CT molecular complexity index is 326. The summed E-state index contributed by atoms with van der Waals surface area (Å²) in [5.41, 5.74) is 0. The first-order valence-electron chi connectivity index (χ1n) is 4.20. The van der Waals surface area contributed by atoms with Crippen LogP contribution in [0, 0.1) is 5.92 Å². The molecule has 0 aliphatic heterocycles. The maximum absolute atomic E-state index is 10.6. The molecule has 1 atom stereocenters. The number of carboxylic acids is 1. The normalized spacial score (nSPS) is 12.5. The molecule has 0 fully saturated rings. The van der Waals surface area contributed by atoms with Crippen molar-refractivity contribution >= 4 is 38.2 Å². The van der Waals surface area contributed by atoms with E-state index in [-0.39, 0.29) is 5.92 Å². The zero-order chi connectivity index (χ0) is 10.7. The van der Waals surface area contributed by atoms with E-state index in [0.29, 0.717) is 6.54 Å². The first-order valence-corrected chi connectivity index (χ1v) is 5.81. The van der Waals surface area contributed by atoms with Gasteiger partial charge in [0.25, 0.3) is 0 Å². The molecule has 0 aliphatic carbocycles. The van der Waals surface area contributed by atoms with Crippen LogP contribution in [0.4, 0.5) is 5.00 Å². The van der Waals surface area contributed by atoms with Gasteiger partial charge in [-0.3, -0.25) is 4.79 Å². The van der Waals surface area contributed by atoms with Crippen molar-refractivity contribution < 1.29 is 9.90 Å². The summed E-state index contributed by atoms with van der Waals surface area (Å²) in [6, 6.07) is 3.94. The van der Waals surface area contributed by atoms with Crippen molar-refractivity contribution in [1.29, 1.82) is 0 Å². The first-order chi connectivity index (χ1) is 6.50. The Morgan fingerprint density at radius 3 is 2.79 bits per heavy atom. The number of carbonyl (C=O) groups is 1. The van der Waals surface area contributed by atoms with Gasteiger partial charge >= 0.3 is 5.97 Å². The van der Waals surface area contributed by atoms with Crippen molar-refractivity contribution in [3.63, 3.8) is 0 Å². The number of anilines is 1. The lowest BCUT2D eigenvalue weighted by molar-refractivity contribution is -0.140. The molecule has 0 bridgehead atoms. The molecular weight excluding hydrogens is 266 g/mol. The summed E-state index contributed by atoms with van der Waals surface area (Å²) >= 11 is 4.97. The molecule has 14 heavy (non-hydrogen) atoms. The van der Waals surface area contributed by atoms with Crippen molar-refractivity contribution in [2.45, 2.75) is 6.92 Å². The van der Waals surface area contributed by atoms with Crippen LogP contribution in [0.15, 0.2) is 15.9 Å². The van der Waals surface area contributed by atoms with Gasteiger partial charge in [-0.25, -0.2) is 0 Å². The predicted octanol–water partition coefficient (Wildman–Crippen LogP) is 2.67. The van der Waals surface area contributed by atoms with E-state index < -0.39 is 5.97 Å². The molecule has 0 saturated carbocycles. The Morgan fingerprint density at radius 2 is 2.36 bits per heavy atom. The van der Waals surface area contributed by atoms with E-state index in [1.165, 1.54) is 0 Å². The number of halogens is 1. The molecule has 1 heterocycles. The standard InChI is InChI=1S/C9H12BrNO2S/c1-6(9(12)13)5-11(2)8-4-3-7(10)14-8/h3-4,6H,5H2,1-2H3,(H,12,13). The number of thiophene rings is 1. The number of hydrogen-bond donors (Lipinski definition) is 1. The molecule has 0 radical (unpaired) electrons. The Kier molecular flexibility index (Phi) is 3.95. The van der Waals surface area contributed by atoms with Gasteiger partial charge in [0.1, 0.15) is 0 Å². The monoisotopic (exact) mass is 277 g/mol. The SMILES string of the molecule is CC(CN(C)c1ccc(Br)s1)C(=O)O. The molecule has 5 heteroatoms. The molecule has 0 saturated heterocycles. The van der Waals surface area contributed by atoms with Crippen LogP contribution in [0.5, 0.6) is 0 Å². The highest BCUT2D eigenvalue weighted by Gasteiger charge is 2.14. The second-order valence-electron chi connectivity index (χ2n) is 3.20. The van der Waals surface area contributed by atoms with Gasteiger partial charge < -0.3 is 10.0 Å². The highest BCUT2D eigenvalue weighted by Crippen LogP contribution is 2.29. The van der Waals surface area contributed by atoms with Crippen LogP contribution in [-0.4, -0.2) is 24.7 Å². The lowest BCUT2D eigenvalue weighted by atomic mass is 10.2. The minimum absolute atomic E-state index is 0.346. The average Bonchev–Trinajstić information content (AvgIpc) is 2.51. The van der Waals surface area contributed by atoms with Crippen LogP contribution in [0.2, 0.25) is 0 Å². The van der Waals surface area contributed by atoms with Crippen LogP contribution in [-0.2, 0) is 4.79 Å². The van der Waals surface area contributed by atoms with Crippen LogP contribution in [0.3, 0.4) is 0 Å². The number of rotatable bonds is 4. The topological polar surface area (TPSA) is 40.5 Å². The molecule has 1 aromatic heterocycles. The fourth-order valence-electron chi connectivity index (χ4n) is 1.09. The minimum atomic E-state index is -0.757. The molecule has 0 aliphatic rings. The maximum Gasteiger partial charge on any atom is 0.308 e. The largest absolute Gasteiger partial charge is 0.481 e. The zero-order valence-corrected chi connectivity index (χ0v) is 10.4. The molecule has 1 aromatic rings. The molecule has 1 rings (SSSR count). The highest BCUT2D eigenvalue weighted by molar-refractivity contribution is 9.11. The van der Waals surface area contributed by atoms with Gasteiger partial charge in [0.05, 0.1) is 14.7 Å². The minimum Gasteiger partial charge on any atom is -0.481 e. The summed E-state index contributed by atoms with van der Waals surface area (Å²) in [5.74, 6) is -1.10. The van der Waals surface area contributed by atoms with Gasteiger partial charge in [0.2, 0.25) is 0 Å². The Labute approximate surface area is 95.5 Å². The third-order valence-corrected chi connectivity index (χ3v) is 3.64. The summed E-state index contributed by atoms with van der Waals surface area (Å²) in [6.07, 6.45) is 0. The molecule has 78 valence electrons. The van der Waals surface area contributed by atoms with Gasteiger partial charge in [0, 0.05) is 13.6 Å².